The van der Waals surface area contributed by atoms with Crippen molar-refractivity contribution in [2.24, 2.45) is 7.05 Å². The molecule has 2 heterocycles. The van der Waals surface area contributed by atoms with Crippen molar-refractivity contribution in [1.29, 1.82) is 0 Å². The molecule has 0 radical (unpaired) electrons. The molecular formula is C13H14N6. The second-order valence-corrected chi connectivity index (χ2v) is 4.61. The molecule has 6 nitrogen and oxygen atoms in total. The van der Waals surface area contributed by atoms with E-state index < -0.39 is 0 Å². The van der Waals surface area contributed by atoms with Gasteiger partial charge in [-0.15, -0.1) is 5.10 Å². The summed E-state index contributed by atoms with van der Waals surface area (Å²) in [5.41, 5.74) is 4.77. The summed E-state index contributed by atoms with van der Waals surface area (Å²) in [6.45, 7) is 4.13. The van der Waals surface area contributed by atoms with Crippen molar-refractivity contribution in [2.75, 3.05) is 5.32 Å². The fourth-order valence-corrected chi connectivity index (χ4v) is 2.13. The van der Waals surface area contributed by atoms with Crippen LogP contribution in [-0.4, -0.2) is 25.0 Å². The van der Waals surface area contributed by atoms with E-state index in [1.54, 1.807) is 4.68 Å². The molecule has 1 aromatic carbocycles. The lowest BCUT2D eigenvalue weighted by atomic mass is 10.1. The number of rotatable bonds is 2. The predicted molar refractivity (Wildman–Crippen MR) is 73.3 cm³/mol. The third-order valence-electron chi connectivity index (χ3n) is 2.87. The summed E-state index contributed by atoms with van der Waals surface area (Å²) in [5, 5.41) is 11.3. The number of aromatic nitrogens is 5. The van der Waals surface area contributed by atoms with Gasteiger partial charge in [0.25, 0.3) is 0 Å². The van der Waals surface area contributed by atoms with Gasteiger partial charge in [-0.1, -0.05) is 11.3 Å². The summed E-state index contributed by atoms with van der Waals surface area (Å²) in [5.74, 6) is 0.670. The van der Waals surface area contributed by atoms with Gasteiger partial charge in [0.1, 0.15) is 6.33 Å². The van der Waals surface area contributed by atoms with Crippen molar-refractivity contribution >= 4 is 22.7 Å². The van der Waals surface area contributed by atoms with Crippen molar-refractivity contribution in [1.82, 2.24) is 25.0 Å². The van der Waals surface area contributed by atoms with Gasteiger partial charge in [-0.05, 0) is 37.1 Å². The highest BCUT2D eigenvalue weighted by Gasteiger charge is 2.09. The van der Waals surface area contributed by atoms with E-state index in [4.69, 9.17) is 0 Å². The van der Waals surface area contributed by atoms with Crippen molar-refractivity contribution < 1.29 is 0 Å². The number of aryl methyl sites for hydroxylation is 3. The fraction of sp³-hybridized carbons (Fsp3) is 0.231. The van der Waals surface area contributed by atoms with Crippen molar-refractivity contribution in [2.45, 2.75) is 13.8 Å². The quantitative estimate of drug-likeness (QED) is 0.758. The largest absolute Gasteiger partial charge is 0.338 e. The highest BCUT2D eigenvalue weighted by molar-refractivity contribution is 5.84. The molecule has 1 N–H and O–H groups in total. The van der Waals surface area contributed by atoms with Gasteiger partial charge in [0.15, 0.2) is 17.0 Å². The monoisotopic (exact) mass is 254 g/mol. The van der Waals surface area contributed by atoms with E-state index >= 15 is 0 Å². The highest BCUT2D eigenvalue weighted by Crippen LogP contribution is 2.22. The Morgan fingerprint density at radius 1 is 1.05 bits per heavy atom. The van der Waals surface area contributed by atoms with Crippen molar-refractivity contribution in [3.63, 3.8) is 0 Å². The van der Waals surface area contributed by atoms with E-state index in [2.05, 4.69) is 57.6 Å². The number of fused-ring (bicyclic) bond motifs is 1. The standard InChI is InChI=1S/C13H14N6/c1-8-4-9(2)6-10(5-8)16-12-11-13(15-7-14-12)19(3)18-17-11/h4-7H,1-3H3,(H,14,15,16). The van der Waals surface area contributed by atoms with Gasteiger partial charge in [0, 0.05) is 12.7 Å². The second kappa shape index (κ2) is 4.31. The van der Waals surface area contributed by atoms with E-state index in [0.29, 0.717) is 17.0 Å². The lowest BCUT2D eigenvalue weighted by Gasteiger charge is -2.07. The molecule has 2 aromatic heterocycles. The van der Waals surface area contributed by atoms with Crippen LogP contribution in [0.5, 0.6) is 0 Å². The minimum atomic E-state index is 0.670. The van der Waals surface area contributed by atoms with Crippen LogP contribution in [0.15, 0.2) is 24.5 Å². The Bertz CT molecular complexity index is 726. The van der Waals surface area contributed by atoms with Crippen LogP contribution in [0.25, 0.3) is 11.2 Å². The number of hydrogen-bond donors (Lipinski definition) is 1. The normalized spacial score (nSPS) is 10.9. The molecule has 0 unspecified atom stereocenters. The molecule has 3 rings (SSSR count). The molecule has 3 aromatic rings. The molecule has 0 aliphatic rings. The number of benzene rings is 1. The first-order valence-electron chi connectivity index (χ1n) is 5.99. The lowest BCUT2D eigenvalue weighted by Crippen LogP contribution is -1.98. The zero-order valence-corrected chi connectivity index (χ0v) is 11.0. The van der Waals surface area contributed by atoms with Crippen LogP contribution in [0, 0.1) is 13.8 Å². The van der Waals surface area contributed by atoms with Crippen LogP contribution in [-0.2, 0) is 7.05 Å². The maximum absolute atomic E-state index is 4.24. The molecule has 0 saturated heterocycles. The number of nitrogens with one attached hydrogen (secondary N) is 1. The highest BCUT2D eigenvalue weighted by atomic mass is 15.4. The SMILES string of the molecule is Cc1cc(C)cc(Nc2ncnc3c2nnn3C)c1. The number of hydrogen-bond acceptors (Lipinski definition) is 5. The zero-order valence-electron chi connectivity index (χ0n) is 11.0. The Kier molecular flexibility index (Phi) is 2.63. The van der Waals surface area contributed by atoms with Crippen LogP contribution in [0.2, 0.25) is 0 Å². The topological polar surface area (TPSA) is 68.5 Å². The summed E-state index contributed by atoms with van der Waals surface area (Å²) in [7, 11) is 1.81. The van der Waals surface area contributed by atoms with E-state index in [0.717, 1.165) is 5.69 Å². The smallest absolute Gasteiger partial charge is 0.183 e. The minimum Gasteiger partial charge on any atom is -0.338 e. The zero-order chi connectivity index (χ0) is 13.4. The van der Waals surface area contributed by atoms with Gasteiger partial charge >= 0.3 is 0 Å². The van der Waals surface area contributed by atoms with Crippen molar-refractivity contribution in [3.05, 3.63) is 35.7 Å². The maximum atomic E-state index is 4.24. The molecule has 0 saturated carbocycles. The number of nitrogens with zero attached hydrogens (tertiary/aromatic N) is 5. The molecule has 6 heteroatoms. The Hall–Kier alpha value is -2.50. The Balaban J connectivity index is 2.05. The van der Waals surface area contributed by atoms with Gasteiger partial charge < -0.3 is 5.32 Å². The molecule has 0 spiro atoms. The van der Waals surface area contributed by atoms with Gasteiger partial charge in [0.2, 0.25) is 0 Å². The summed E-state index contributed by atoms with van der Waals surface area (Å²) < 4.78 is 1.63. The van der Waals surface area contributed by atoms with Gasteiger partial charge in [-0.25, -0.2) is 14.6 Å². The first-order valence-corrected chi connectivity index (χ1v) is 5.99. The summed E-state index contributed by atoms with van der Waals surface area (Å²) in [6.07, 6.45) is 1.51. The second-order valence-electron chi connectivity index (χ2n) is 4.61. The third kappa shape index (κ3) is 2.12. The molecular weight excluding hydrogens is 240 g/mol. The maximum Gasteiger partial charge on any atom is 0.183 e. The van der Waals surface area contributed by atoms with E-state index in [1.165, 1.54) is 17.5 Å². The molecule has 96 valence electrons. The minimum absolute atomic E-state index is 0.670. The van der Waals surface area contributed by atoms with Crippen LogP contribution in [0.4, 0.5) is 11.5 Å². The van der Waals surface area contributed by atoms with Crippen molar-refractivity contribution in [3.8, 4) is 0 Å². The van der Waals surface area contributed by atoms with Crippen LogP contribution < -0.4 is 5.32 Å². The molecule has 0 bridgehead atoms. The predicted octanol–water partition coefficient (Wildman–Crippen LogP) is 2.12. The Morgan fingerprint density at radius 2 is 1.79 bits per heavy atom. The van der Waals surface area contributed by atoms with Gasteiger partial charge in [0.05, 0.1) is 0 Å². The van der Waals surface area contributed by atoms with Gasteiger partial charge in [-0.3, -0.25) is 0 Å². The average Bonchev–Trinajstić information content (AvgIpc) is 2.71. The lowest BCUT2D eigenvalue weighted by molar-refractivity contribution is 0.729. The molecule has 0 fully saturated rings. The third-order valence-corrected chi connectivity index (χ3v) is 2.87. The van der Waals surface area contributed by atoms with Gasteiger partial charge in [-0.2, -0.15) is 0 Å². The van der Waals surface area contributed by atoms with E-state index in [1.807, 2.05) is 7.05 Å². The molecule has 0 aliphatic heterocycles. The summed E-state index contributed by atoms with van der Waals surface area (Å²) in [6, 6.07) is 6.26. The Morgan fingerprint density at radius 3 is 2.53 bits per heavy atom. The molecule has 0 atom stereocenters. The van der Waals surface area contributed by atoms with E-state index in [9.17, 15) is 0 Å². The molecule has 0 amide bonds. The van der Waals surface area contributed by atoms with Crippen LogP contribution in [0.3, 0.4) is 0 Å². The Labute approximate surface area is 110 Å². The summed E-state index contributed by atoms with van der Waals surface area (Å²) in [4.78, 5) is 8.40. The van der Waals surface area contributed by atoms with Crippen LogP contribution >= 0.6 is 0 Å². The summed E-state index contributed by atoms with van der Waals surface area (Å²) >= 11 is 0. The fourth-order valence-electron chi connectivity index (χ4n) is 2.13. The first-order chi connectivity index (χ1) is 9.13. The molecule has 0 aliphatic carbocycles. The number of anilines is 2. The van der Waals surface area contributed by atoms with E-state index in [-0.39, 0.29) is 0 Å². The first kappa shape index (κ1) is 11.6. The average molecular weight is 254 g/mol. The van der Waals surface area contributed by atoms with Crippen LogP contribution in [0.1, 0.15) is 11.1 Å². The molecule has 19 heavy (non-hydrogen) atoms.